The number of nitrogens with zero attached hydrogens (tertiary/aromatic N) is 5. The molecule has 0 aromatic carbocycles. The van der Waals surface area contributed by atoms with E-state index in [4.69, 9.17) is 0 Å². The Kier molecular flexibility index (Phi) is 5.86. The van der Waals surface area contributed by atoms with E-state index < -0.39 is 0 Å². The molecular formula is C15H23N7OS. The molecule has 24 heavy (non-hydrogen) atoms. The lowest BCUT2D eigenvalue weighted by atomic mass is 10.1. The SMILES string of the molecule is CCCCCc1nnc(NC(=O)c2cn(C3CCNCC3)nn2)s1. The van der Waals surface area contributed by atoms with Crippen LogP contribution in [0.15, 0.2) is 6.20 Å². The van der Waals surface area contributed by atoms with Crippen molar-refractivity contribution in [1.29, 1.82) is 0 Å². The van der Waals surface area contributed by atoms with Crippen molar-refractivity contribution in [2.24, 2.45) is 0 Å². The predicted molar refractivity (Wildman–Crippen MR) is 92.3 cm³/mol. The molecule has 1 saturated heterocycles. The summed E-state index contributed by atoms with van der Waals surface area (Å²) in [5.74, 6) is -0.286. The zero-order chi connectivity index (χ0) is 16.8. The monoisotopic (exact) mass is 349 g/mol. The van der Waals surface area contributed by atoms with Crippen LogP contribution in [0.5, 0.6) is 0 Å². The molecule has 9 heteroatoms. The van der Waals surface area contributed by atoms with Gasteiger partial charge in [0.2, 0.25) is 5.13 Å². The number of anilines is 1. The van der Waals surface area contributed by atoms with Crippen LogP contribution in [-0.2, 0) is 6.42 Å². The second-order valence-corrected chi connectivity index (χ2v) is 7.04. The Morgan fingerprint density at radius 3 is 2.96 bits per heavy atom. The lowest BCUT2D eigenvalue weighted by Crippen LogP contribution is -2.29. The van der Waals surface area contributed by atoms with E-state index in [0.29, 0.717) is 16.9 Å². The number of aromatic nitrogens is 5. The third kappa shape index (κ3) is 4.35. The molecule has 1 aliphatic heterocycles. The largest absolute Gasteiger partial charge is 0.317 e. The third-order valence-electron chi connectivity index (χ3n) is 4.11. The molecule has 130 valence electrons. The normalized spacial score (nSPS) is 15.5. The Bertz CT molecular complexity index is 662. The fraction of sp³-hybridized carbons (Fsp3) is 0.667. The summed E-state index contributed by atoms with van der Waals surface area (Å²) in [4.78, 5) is 12.3. The molecule has 1 aliphatic rings. The lowest BCUT2D eigenvalue weighted by molar-refractivity contribution is 0.102. The van der Waals surface area contributed by atoms with Gasteiger partial charge in [-0.15, -0.1) is 15.3 Å². The van der Waals surface area contributed by atoms with Gasteiger partial charge >= 0.3 is 0 Å². The van der Waals surface area contributed by atoms with E-state index >= 15 is 0 Å². The predicted octanol–water partition coefficient (Wildman–Crippen LogP) is 2.04. The number of amides is 1. The number of hydrogen-bond acceptors (Lipinski definition) is 7. The topological polar surface area (TPSA) is 97.6 Å². The number of piperidine rings is 1. The summed E-state index contributed by atoms with van der Waals surface area (Å²) in [6.07, 6.45) is 8.09. The molecule has 0 aliphatic carbocycles. The smallest absolute Gasteiger partial charge is 0.279 e. The Labute approximate surface area is 145 Å². The van der Waals surface area contributed by atoms with Gasteiger partial charge in [-0.2, -0.15) is 0 Å². The number of nitrogens with one attached hydrogen (secondary N) is 2. The molecule has 2 aromatic rings. The number of unbranched alkanes of at least 4 members (excludes halogenated alkanes) is 2. The molecule has 0 radical (unpaired) electrons. The van der Waals surface area contributed by atoms with Crippen molar-refractivity contribution in [3.05, 3.63) is 16.9 Å². The number of hydrogen-bond donors (Lipinski definition) is 2. The number of carbonyl (C=O) groups is 1. The number of aryl methyl sites for hydroxylation is 1. The molecule has 8 nitrogen and oxygen atoms in total. The van der Waals surface area contributed by atoms with Gasteiger partial charge in [-0.25, -0.2) is 4.68 Å². The Morgan fingerprint density at radius 1 is 1.33 bits per heavy atom. The van der Waals surface area contributed by atoms with Crippen LogP contribution in [0.1, 0.15) is 60.6 Å². The Morgan fingerprint density at radius 2 is 2.17 bits per heavy atom. The number of carbonyl (C=O) groups excluding carboxylic acids is 1. The molecule has 2 N–H and O–H groups in total. The van der Waals surface area contributed by atoms with E-state index in [1.807, 2.05) is 0 Å². The van der Waals surface area contributed by atoms with Gasteiger partial charge in [0.25, 0.3) is 5.91 Å². The number of rotatable bonds is 7. The summed E-state index contributed by atoms with van der Waals surface area (Å²) < 4.78 is 1.80. The minimum Gasteiger partial charge on any atom is -0.317 e. The van der Waals surface area contributed by atoms with Crippen LogP contribution < -0.4 is 10.6 Å². The second-order valence-electron chi connectivity index (χ2n) is 5.98. The van der Waals surface area contributed by atoms with Crippen molar-refractivity contribution in [3.63, 3.8) is 0 Å². The van der Waals surface area contributed by atoms with E-state index in [9.17, 15) is 4.79 Å². The molecule has 1 amide bonds. The van der Waals surface area contributed by atoms with Gasteiger partial charge in [0.1, 0.15) is 5.01 Å². The maximum atomic E-state index is 12.3. The van der Waals surface area contributed by atoms with Crippen molar-refractivity contribution in [2.45, 2.75) is 51.5 Å². The summed E-state index contributed by atoms with van der Waals surface area (Å²) in [5, 5.41) is 23.8. The van der Waals surface area contributed by atoms with Crippen LogP contribution in [0.3, 0.4) is 0 Å². The molecule has 0 bridgehead atoms. The van der Waals surface area contributed by atoms with Crippen LogP contribution in [-0.4, -0.2) is 44.2 Å². The van der Waals surface area contributed by atoms with Crippen LogP contribution in [0.2, 0.25) is 0 Å². The van der Waals surface area contributed by atoms with E-state index in [2.05, 4.69) is 38.1 Å². The summed E-state index contributed by atoms with van der Waals surface area (Å²) in [5.41, 5.74) is 0.316. The molecule has 0 saturated carbocycles. The molecule has 3 heterocycles. The zero-order valence-corrected chi connectivity index (χ0v) is 14.7. The Balaban J connectivity index is 1.56. The zero-order valence-electron chi connectivity index (χ0n) is 13.9. The maximum Gasteiger partial charge on any atom is 0.279 e. The highest BCUT2D eigenvalue weighted by molar-refractivity contribution is 7.15. The van der Waals surface area contributed by atoms with E-state index in [1.165, 1.54) is 24.2 Å². The summed E-state index contributed by atoms with van der Waals surface area (Å²) in [7, 11) is 0. The molecule has 0 atom stereocenters. The lowest BCUT2D eigenvalue weighted by Gasteiger charge is -2.21. The van der Waals surface area contributed by atoms with Gasteiger partial charge in [0.15, 0.2) is 5.69 Å². The Hall–Kier alpha value is -1.87. The second kappa shape index (κ2) is 8.29. The van der Waals surface area contributed by atoms with Crippen LogP contribution >= 0.6 is 11.3 Å². The first-order valence-corrected chi connectivity index (χ1v) is 9.34. The van der Waals surface area contributed by atoms with Crippen LogP contribution in [0.4, 0.5) is 5.13 Å². The van der Waals surface area contributed by atoms with Gasteiger partial charge in [-0.3, -0.25) is 10.1 Å². The van der Waals surface area contributed by atoms with Crippen molar-refractivity contribution in [3.8, 4) is 0 Å². The first kappa shape index (κ1) is 17.0. The highest BCUT2D eigenvalue weighted by atomic mass is 32.1. The minimum atomic E-state index is -0.286. The van der Waals surface area contributed by atoms with Gasteiger partial charge in [0.05, 0.1) is 12.2 Å². The molecular weight excluding hydrogens is 326 g/mol. The van der Waals surface area contributed by atoms with E-state index in [0.717, 1.165) is 43.8 Å². The summed E-state index contributed by atoms with van der Waals surface area (Å²) in [6, 6.07) is 0.312. The van der Waals surface area contributed by atoms with Gasteiger partial charge in [-0.1, -0.05) is 36.3 Å². The van der Waals surface area contributed by atoms with Gasteiger partial charge in [-0.05, 0) is 32.4 Å². The fourth-order valence-electron chi connectivity index (χ4n) is 2.72. The minimum absolute atomic E-state index is 0.286. The standard InChI is InChI=1S/C15H23N7OS/c1-2-3-4-5-13-19-20-15(24-13)17-14(23)12-10-22(21-18-12)11-6-8-16-9-7-11/h10-11,16H,2-9H2,1H3,(H,17,20,23). The van der Waals surface area contributed by atoms with Crippen molar-refractivity contribution in [2.75, 3.05) is 18.4 Å². The maximum absolute atomic E-state index is 12.3. The highest BCUT2D eigenvalue weighted by Gasteiger charge is 2.19. The molecule has 3 rings (SSSR count). The first-order valence-electron chi connectivity index (χ1n) is 8.52. The van der Waals surface area contributed by atoms with Crippen molar-refractivity contribution >= 4 is 22.4 Å². The van der Waals surface area contributed by atoms with Crippen LogP contribution in [0.25, 0.3) is 0 Å². The van der Waals surface area contributed by atoms with E-state index in [1.54, 1.807) is 10.9 Å². The summed E-state index contributed by atoms with van der Waals surface area (Å²) >= 11 is 1.42. The fourth-order valence-corrected chi connectivity index (χ4v) is 3.50. The van der Waals surface area contributed by atoms with Crippen molar-refractivity contribution in [1.82, 2.24) is 30.5 Å². The van der Waals surface area contributed by atoms with E-state index in [-0.39, 0.29) is 5.91 Å². The molecule has 2 aromatic heterocycles. The summed E-state index contributed by atoms with van der Waals surface area (Å²) in [6.45, 7) is 4.11. The van der Waals surface area contributed by atoms with Gasteiger partial charge in [0, 0.05) is 6.42 Å². The van der Waals surface area contributed by atoms with Gasteiger partial charge < -0.3 is 5.32 Å². The molecule has 1 fully saturated rings. The van der Waals surface area contributed by atoms with Crippen LogP contribution in [0, 0.1) is 0 Å². The third-order valence-corrected chi connectivity index (χ3v) is 5.01. The molecule has 0 spiro atoms. The van der Waals surface area contributed by atoms with Crippen molar-refractivity contribution < 1.29 is 4.79 Å². The molecule has 0 unspecified atom stereocenters. The highest BCUT2D eigenvalue weighted by Crippen LogP contribution is 2.19. The average Bonchev–Trinajstić information content (AvgIpc) is 3.26. The average molecular weight is 349 g/mol. The quantitative estimate of drug-likeness (QED) is 0.742. The first-order chi connectivity index (χ1) is 11.8.